The van der Waals surface area contributed by atoms with E-state index in [9.17, 15) is 5.11 Å². The number of anilines is 1. The summed E-state index contributed by atoms with van der Waals surface area (Å²) in [5, 5.41) is 18.7. The molecule has 0 spiro atoms. The lowest BCUT2D eigenvalue weighted by atomic mass is 10.1. The van der Waals surface area contributed by atoms with Gasteiger partial charge in [-0.2, -0.15) is 0 Å². The minimum atomic E-state index is -0.242. The summed E-state index contributed by atoms with van der Waals surface area (Å²) in [6.45, 7) is 3.53. The fourth-order valence-electron chi connectivity index (χ4n) is 2.08. The maximum absolute atomic E-state index is 9.60. The van der Waals surface area contributed by atoms with E-state index in [1.807, 2.05) is 19.1 Å². The predicted octanol–water partition coefficient (Wildman–Crippen LogP) is 0.843. The number of piperidine rings is 1. The van der Waals surface area contributed by atoms with Crippen LogP contribution in [0.3, 0.4) is 0 Å². The van der Waals surface area contributed by atoms with Crippen LogP contribution in [0.15, 0.2) is 12.1 Å². The molecule has 0 radical (unpaired) electrons. The molecule has 1 atom stereocenters. The van der Waals surface area contributed by atoms with Gasteiger partial charge in [-0.1, -0.05) is 6.07 Å². The third-order valence-corrected chi connectivity index (χ3v) is 3.07. The summed E-state index contributed by atoms with van der Waals surface area (Å²) in [5.74, 6) is 0.897. The second-order valence-electron chi connectivity index (χ2n) is 4.31. The molecule has 2 rings (SSSR count). The molecule has 1 aromatic heterocycles. The van der Waals surface area contributed by atoms with Gasteiger partial charge in [0.2, 0.25) is 0 Å². The molecule has 4 nitrogen and oxygen atoms in total. The highest BCUT2D eigenvalue weighted by molar-refractivity contribution is 5.42. The predicted molar refractivity (Wildman–Crippen MR) is 62.4 cm³/mol. The first-order valence-electron chi connectivity index (χ1n) is 5.71. The summed E-state index contributed by atoms with van der Waals surface area (Å²) < 4.78 is 0. The maximum Gasteiger partial charge on any atom is 0.128 e. The topological polar surface area (TPSA) is 56.6 Å². The first-order chi connectivity index (χ1) is 7.70. The van der Waals surface area contributed by atoms with Crippen molar-refractivity contribution < 1.29 is 10.2 Å². The molecule has 1 aromatic rings. The Morgan fingerprint density at radius 2 is 2.31 bits per heavy atom. The van der Waals surface area contributed by atoms with Crippen LogP contribution in [-0.2, 0) is 6.61 Å². The van der Waals surface area contributed by atoms with Crippen molar-refractivity contribution in [2.45, 2.75) is 32.5 Å². The van der Waals surface area contributed by atoms with E-state index in [0.29, 0.717) is 6.54 Å². The van der Waals surface area contributed by atoms with Crippen LogP contribution in [0.5, 0.6) is 0 Å². The van der Waals surface area contributed by atoms with Gasteiger partial charge in [-0.15, -0.1) is 0 Å². The van der Waals surface area contributed by atoms with E-state index in [0.717, 1.165) is 36.5 Å². The number of rotatable bonds is 2. The average molecular weight is 222 g/mol. The molecule has 1 aliphatic heterocycles. The van der Waals surface area contributed by atoms with Gasteiger partial charge in [-0.3, -0.25) is 0 Å². The normalized spacial score (nSPS) is 21.2. The van der Waals surface area contributed by atoms with Crippen molar-refractivity contribution in [2.24, 2.45) is 0 Å². The second kappa shape index (κ2) is 4.80. The minimum Gasteiger partial charge on any atom is -0.392 e. The maximum atomic E-state index is 9.60. The Morgan fingerprint density at radius 1 is 1.50 bits per heavy atom. The molecular weight excluding hydrogens is 204 g/mol. The molecule has 4 heteroatoms. The van der Waals surface area contributed by atoms with E-state index in [2.05, 4.69) is 9.88 Å². The van der Waals surface area contributed by atoms with Crippen LogP contribution >= 0.6 is 0 Å². The third-order valence-electron chi connectivity index (χ3n) is 3.07. The van der Waals surface area contributed by atoms with Crippen LogP contribution in [0.4, 0.5) is 5.82 Å². The first kappa shape index (κ1) is 11.4. The van der Waals surface area contributed by atoms with E-state index < -0.39 is 0 Å². The van der Waals surface area contributed by atoms with Gasteiger partial charge in [0.25, 0.3) is 0 Å². The van der Waals surface area contributed by atoms with Crippen molar-refractivity contribution in [2.75, 3.05) is 18.0 Å². The van der Waals surface area contributed by atoms with Crippen molar-refractivity contribution >= 4 is 5.82 Å². The fraction of sp³-hybridized carbons (Fsp3) is 0.583. The quantitative estimate of drug-likeness (QED) is 0.778. The van der Waals surface area contributed by atoms with Crippen LogP contribution in [0.2, 0.25) is 0 Å². The van der Waals surface area contributed by atoms with Crippen LogP contribution < -0.4 is 4.90 Å². The van der Waals surface area contributed by atoms with Crippen LogP contribution in [0.1, 0.15) is 24.1 Å². The zero-order valence-electron chi connectivity index (χ0n) is 9.56. The lowest BCUT2D eigenvalue weighted by Crippen LogP contribution is -2.38. The van der Waals surface area contributed by atoms with Crippen molar-refractivity contribution in [3.63, 3.8) is 0 Å². The van der Waals surface area contributed by atoms with E-state index in [1.54, 1.807) is 0 Å². The van der Waals surface area contributed by atoms with Gasteiger partial charge in [0.05, 0.1) is 12.7 Å². The molecular formula is C12H18N2O2. The van der Waals surface area contributed by atoms with Crippen LogP contribution in [0.25, 0.3) is 0 Å². The van der Waals surface area contributed by atoms with Gasteiger partial charge < -0.3 is 15.1 Å². The highest BCUT2D eigenvalue weighted by atomic mass is 16.3. The highest BCUT2D eigenvalue weighted by Gasteiger charge is 2.18. The molecule has 0 amide bonds. The number of aromatic nitrogens is 1. The summed E-state index contributed by atoms with van der Waals surface area (Å²) in [6, 6.07) is 3.81. The van der Waals surface area contributed by atoms with Gasteiger partial charge in [-0.05, 0) is 31.4 Å². The van der Waals surface area contributed by atoms with Gasteiger partial charge in [-0.25, -0.2) is 4.98 Å². The molecule has 0 bridgehead atoms. The monoisotopic (exact) mass is 222 g/mol. The zero-order valence-corrected chi connectivity index (χ0v) is 9.56. The Balaban J connectivity index is 2.17. The summed E-state index contributed by atoms with van der Waals surface area (Å²) in [7, 11) is 0. The Morgan fingerprint density at radius 3 is 2.94 bits per heavy atom. The van der Waals surface area contributed by atoms with E-state index in [4.69, 9.17) is 5.11 Å². The standard InChI is InChI=1S/C12H18N2O2/c1-9-10(8-15)4-5-12(13-9)14-6-2-3-11(16)7-14/h4-5,11,15-16H,2-3,6-8H2,1H3. The zero-order chi connectivity index (χ0) is 11.5. The largest absolute Gasteiger partial charge is 0.392 e. The van der Waals surface area contributed by atoms with Crippen molar-refractivity contribution in [1.29, 1.82) is 0 Å². The van der Waals surface area contributed by atoms with Crippen LogP contribution in [0, 0.1) is 6.92 Å². The van der Waals surface area contributed by atoms with Gasteiger partial charge in [0.1, 0.15) is 5.82 Å². The Bertz CT molecular complexity index is 368. The van der Waals surface area contributed by atoms with E-state index in [1.165, 1.54) is 0 Å². The molecule has 1 saturated heterocycles. The number of nitrogens with zero attached hydrogens (tertiary/aromatic N) is 2. The molecule has 0 aliphatic carbocycles. The molecule has 1 fully saturated rings. The summed E-state index contributed by atoms with van der Waals surface area (Å²) in [4.78, 5) is 6.56. The minimum absolute atomic E-state index is 0.0295. The Hall–Kier alpha value is -1.13. The number of aliphatic hydroxyl groups excluding tert-OH is 2. The van der Waals surface area contributed by atoms with Gasteiger partial charge in [0.15, 0.2) is 0 Å². The van der Waals surface area contributed by atoms with Crippen molar-refractivity contribution in [1.82, 2.24) is 4.98 Å². The van der Waals surface area contributed by atoms with Gasteiger partial charge >= 0.3 is 0 Å². The number of aliphatic hydroxyl groups is 2. The number of hydrogen-bond acceptors (Lipinski definition) is 4. The van der Waals surface area contributed by atoms with Gasteiger partial charge in [0, 0.05) is 18.8 Å². The molecule has 16 heavy (non-hydrogen) atoms. The molecule has 0 aromatic carbocycles. The highest BCUT2D eigenvalue weighted by Crippen LogP contribution is 2.19. The molecule has 0 saturated carbocycles. The number of hydrogen-bond donors (Lipinski definition) is 2. The Labute approximate surface area is 95.5 Å². The average Bonchev–Trinajstić information content (AvgIpc) is 2.29. The SMILES string of the molecule is Cc1nc(N2CCCC(O)C2)ccc1CO. The van der Waals surface area contributed by atoms with Crippen molar-refractivity contribution in [3.8, 4) is 0 Å². The molecule has 88 valence electrons. The van der Waals surface area contributed by atoms with Crippen molar-refractivity contribution in [3.05, 3.63) is 23.4 Å². The fourth-order valence-corrected chi connectivity index (χ4v) is 2.08. The second-order valence-corrected chi connectivity index (χ2v) is 4.31. The van der Waals surface area contributed by atoms with E-state index >= 15 is 0 Å². The molecule has 2 N–H and O–H groups in total. The lowest BCUT2D eigenvalue weighted by Gasteiger charge is -2.31. The molecule has 1 unspecified atom stereocenters. The molecule has 1 aliphatic rings. The first-order valence-corrected chi connectivity index (χ1v) is 5.71. The summed E-state index contributed by atoms with van der Waals surface area (Å²) >= 11 is 0. The lowest BCUT2D eigenvalue weighted by molar-refractivity contribution is 0.154. The Kier molecular flexibility index (Phi) is 3.41. The number of β-amino-alcohol motifs (C(OH)–C–C–N with tert-alkyl or cyclic N) is 1. The smallest absolute Gasteiger partial charge is 0.128 e. The number of pyridine rings is 1. The third kappa shape index (κ3) is 2.33. The summed E-state index contributed by atoms with van der Waals surface area (Å²) in [6.07, 6.45) is 1.64. The van der Waals surface area contributed by atoms with E-state index in [-0.39, 0.29) is 12.7 Å². The molecule has 2 heterocycles. The number of aryl methyl sites for hydroxylation is 1. The summed E-state index contributed by atoms with van der Waals surface area (Å²) in [5.41, 5.74) is 1.72. The van der Waals surface area contributed by atoms with Crippen LogP contribution in [-0.4, -0.2) is 34.4 Å².